The fourth-order valence-electron chi connectivity index (χ4n) is 3.03. The van der Waals surface area contributed by atoms with Crippen molar-refractivity contribution in [2.45, 2.75) is 13.1 Å². The first kappa shape index (κ1) is 19.6. The van der Waals surface area contributed by atoms with Crippen LogP contribution in [0, 0.1) is 0 Å². The highest BCUT2D eigenvalue weighted by atomic mass is 32.1. The van der Waals surface area contributed by atoms with Crippen molar-refractivity contribution < 1.29 is 14.0 Å². The van der Waals surface area contributed by atoms with Crippen molar-refractivity contribution in [2.75, 3.05) is 11.9 Å². The molecule has 0 aliphatic carbocycles. The lowest BCUT2D eigenvalue weighted by molar-refractivity contribution is -0.118. The summed E-state index contributed by atoms with van der Waals surface area (Å²) in [5.41, 5.74) is 0.517. The molecule has 0 radical (unpaired) electrons. The first-order chi connectivity index (χ1) is 14.5. The van der Waals surface area contributed by atoms with Crippen molar-refractivity contribution in [2.24, 2.45) is 0 Å². The van der Waals surface area contributed by atoms with Crippen molar-refractivity contribution >= 4 is 39.1 Å². The van der Waals surface area contributed by atoms with E-state index in [0.29, 0.717) is 27.2 Å². The van der Waals surface area contributed by atoms with Gasteiger partial charge in [0, 0.05) is 7.05 Å². The molecule has 0 aliphatic rings. The topological polar surface area (TPSA) is 97.4 Å². The number of nitrogens with one attached hydrogen (secondary N) is 1. The third-order valence-electron chi connectivity index (χ3n) is 4.64. The summed E-state index contributed by atoms with van der Waals surface area (Å²) in [6.45, 7) is 0.0516. The molecule has 3 heterocycles. The minimum Gasteiger partial charge on any atom is -0.467 e. The first-order valence-corrected chi connectivity index (χ1v) is 10.0. The van der Waals surface area contributed by atoms with Gasteiger partial charge in [-0.25, -0.2) is 4.98 Å². The lowest BCUT2D eigenvalue weighted by Gasteiger charge is -2.20. The molecular weight excluding hydrogens is 404 g/mol. The van der Waals surface area contributed by atoms with Crippen LogP contribution in [-0.2, 0) is 17.9 Å². The van der Waals surface area contributed by atoms with E-state index >= 15 is 0 Å². The van der Waals surface area contributed by atoms with E-state index in [1.54, 1.807) is 54.9 Å². The number of hydrogen-bond acceptors (Lipinski definition) is 6. The molecule has 3 aromatic heterocycles. The van der Waals surface area contributed by atoms with Gasteiger partial charge in [0.15, 0.2) is 0 Å². The Morgan fingerprint density at radius 1 is 1.20 bits per heavy atom. The van der Waals surface area contributed by atoms with Gasteiger partial charge in [-0.15, -0.1) is 11.3 Å². The number of aromatic nitrogens is 2. The molecule has 9 heteroatoms. The van der Waals surface area contributed by atoms with Gasteiger partial charge in [-0.2, -0.15) is 0 Å². The van der Waals surface area contributed by atoms with Gasteiger partial charge in [0.05, 0.1) is 35.8 Å². The molecule has 0 aliphatic heterocycles. The van der Waals surface area contributed by atoms with Gasteiger partial charge in [-0.1, -0.05) is 12.1 Å². The Morgan fingerprint density at radius 2 is 2.03 bits per heavy atom. The summed E-state index contributed by atoms with van der Waals surface area (Å²) in [4.78, 5) is 44.3. The highest BCUT2D eigenvalue weighted by Crippen LogP contribution is 2.20. The van der Waals surface area contributed by atoms with Crippen LogP contribution in [-0.4, -0.2) is 28.4 Å². The Bertz CT molecular complexity index is 1260. The van der Waals surface area contributed by atoms with Gasteiger partial charge in [0.1, 0.15) is 17.1 Å². The minimum atomic E-state index is -0.347. The van der Waals surface area contributed by atoms with Crippen LogP contribution < -0.4 is 15.8 Å². The van der Waals surface area contributed by atoms with E-state index in [9.17, 15) is 14.4 Å². The third-order valence-corrected chi connectivity index (χ3v) is 5.46. The molecule has 2 amide bonds. The van der Waals surface area contributed by atoms with Crippen molar-refractivity contribution in [1.29, 1.82) is 0 Å². The summed E-state index contributed by atoms with van der Waals surface area (Å²) in [7, 11) is 1.57. The van der Waals surface area contributed by atoms with Crippen molar-refractivity contribution in [3.05, 3.63) is 82.1 Å². The maximum Gasteiger partial charge on any atom is 0.262 e. The average Bonchev–Trinajstić information content (AvgIpc) is 3.45. The molecule has 0 saturated carbocycles. The van der Waals surface area contributed by atoms with Gasteiger partial charge in [0.2, 0.25) is 5.91 Å². The molecule has 0 spiro atoms. The Labute approximate surface area is 175 Å². The van der Waals surface area contributed by atoms with Crippen molar-refractivity contribution in [3.8, 4) is 0 Å². The van der Waals surface area contributed by atoms with Crippen LogP contribution in [0.5, 0.6) is 0 Å². The summed E-state index contributed by atoms with van der Waals surface area (Å²) in [6, 6.07) is 12.0. The van der Waals surface area contributed by atoms with E-state index in [1.165, 1.54) is 33.4 Å². The number of fused-ring (bicyclic) bond motifs is 1. The van der Waals surface area contributed by atoms with Crippen LogP contribution in [0.25, 0.3) is 10.2 Å². The standard InChI is InChI=1S/C21H18N4O4S/c1-24(18(26)12-25-13-23-20-16(21(25)28)8-10-30-20)17-7-3-2-6-15(17)19(27)22-11-14-5-4-9-29-14/h2-10,13H,11-12H2,1H3,(H,22,27). The predicted octanol–water partition coefficient (Wildman–Crippen LogP) is 2.64. The zero-order valence-corrected chi connectivity index (χ0v) is 16.9. The van der Waals surface area contributed by atoms with Crippen molar-refractivity contribution in [1.82, 2.24) is 14.9 Å². The van der Waals surface area contributed by atoms with E-state index in [2.05, 4.69) is 10.3 Å². The van der Waals surface area contributed by atoms with E-state index in [-0.39, 0.29) is 30.5 Å². The summed E-state index contributed by atoms with van der Waals surface area (Å²) in [6.07, 6.45) is 2.90. The van der Waals surface area contributed by atoms with Crippen molar-refractivity contribution in [3.63, 3.8) is 0 Å². The lowest BCUT2D eigenvalue weighted by Crippen LogP contribution is -2.35. The Morgan fingerprint density at radius 3 is 2.83 bits per heavy atom. The Kier molecular flexibility index (Phi) is 5.44. The monoisotopic (exact) mass is 422 g/mol. The molecule has 8 nitrogen and oxygen atoms in total. The molecule has 152 valence electrons. The number of amides is 2. The van der Waals surface area contributed by atoms with Crippen LogP contribution in [0.4, 0.5) is 5.69 Å². The summed E-state index contributed by atoms with van der Waals surface area (Å²) in [5.74, 6) is -0.0547. The van der Waals surface area contributed by atoms with Crippen LogP contribution in [0.15, 0.2) is 69.6 Å². The second-order valence-corrected chi connectivity index (χ2v) is 7.44. The van der Waals surface area contributed by atoms with E-state index in [0.717, 1.165) is 0 Å². The quantitative estimate of drug-likeness (QED) is 0.515. The summed E-state index contributed by atoms with van der Waals surface area (Å²) < 4.78 is 6.49. The molecule has 4 aromatic rings. The zero-order chi connectivity index (χ0) is 21.1. The second kappa shape index (κ2) is 8.34. The number of furan rings is 1. The summed E-state index contributed by atoms with van der Waals surface area (Å²) in [5, 5.41) is 5.05. The molecular formula is C21H18N4O4S. The smallest absolute Gasteiger partial charge is 0.262 e. The SMILES string of the molecule is CN(C(=O)Cn1cnc2sccc2c1=O)c1ccccc1C(=O)NCc1ccco1. The molecule has 0 bridgehead atoms. The van der Waals surface area contributed by atoms with E-state index in [4.69, 9.17) is 4.42 Å². The fraction of sp³-hybridized carbons (Fsp3) is 0.143. The molecule has 0 atom stereocenters. The molecule has 4 rings (SSSR count). The van der Waals surface area contributed by atoms with Gasteiger partial charge >= 0.3 is 0 Å². The summed E-state index contributed by atoms with van der Waals surface area (Å²) >= 11 is 1.37. The normalized spacial score (nSPS) is 10.8. The maximum atomic E-state index is 12.9. The molecule has 0 fully saturated rings. The lowest BCUT2D eigenvalue weighted by atomic mass is 10.1. The minimum absolute atomic E-state index is 0.184. The Hall–Kier alpha value is -3.72. The first-order valence-electron chi connectivity index (χ1n) is 9.13. The van der Waals surface area contributed by atoms with Gasteiger partial charge < -0.3 is 14.6 Å². The van der Waals surface area contributed by atoms with Crippen LogP contribution in [0.1, 0.15) is 16.1 Å². The van der Waals surface area contributed by atoms with Crippen LogP contribution in [0.2, 0.25) is 0 Å². The maximum absolute atomic E-state index is 12.9. The number of carbonyl (C=O) groups is 2. The predicted molar refractivity (Wildman–Crippen MR) is 114 cm³/mol. The number of thiophene rings is 1. The van der Waals surface area contributed by atoms with E-state index in [1.807, 2.05) is 0 Å². The number of anilines is 1. The fourth-order valence-corrected chi connectivity index (χ4v) is 3.75. The molecule has 0 unspecified atom stereocenters. The number of hydrogen-bond donors (Lipinski definition) is 1. The molecule has 1 aromatic carbocycles. The van der Waals surface area contributed by atoms with Crippen LogP contribution in [0.3, 0.4) is 0 Å². The average molecular weight is 422 g/mol. The zero-order valence-electron chi connectivity index (χ0n) is 16.1. The highest BCUT2D eigenvalue weighted by Gasteiger charge is 2.19. The number of carbonyl (C=O) groups excluding carboxylic acids is 2. The molecule has 30 heavy (non-hydrogen) atoms. The largest absolute Gasteiger partial charge is 0.467 e. The molecule has 1 N–H and O–H groups in total. The second-order valence-electron chi connectivity index (χ2n) is 6.55. The number of benzene rings is 1. The third kappa shape index (κ3) is 3.87. The van der Waals surface area contributed by atoms with E-state index < -0.39 is 0 Å². The highest BCUT2D eigenvalue weighted by molar-refractivity contribution is 7.16. The van der Waals surface area contributed by atoms with Gasteiger partial charge in [-0.3, -0.25) is 19.0 Å². The number of para-hydroxylation sites is 1. The number of likely N-dealkylation sites (N-methyl/N-ethyl adjacent to an activating group) is 1. The van der Waals surface area contributed by atoms with Gasteiger partial charge in [-0.05, 0) is 35.7 Å². The van der Waals surface area contributed by atoms with Gasteiger partial charge in [0.25, 0.3) is 11.5 Å². The Balaban J connectivity index is 1.53. The number of nitrogens with zero attached hydrogens (tertiary/aromatic N) is 3. The number of rotatable bonds is 6. The molecule has 0 saturated heterocycles. The van der Waals surface area contributed by atoms with Crippen LogP contribution >= 0.6 is 11.3 Å².